The molecule has 0 radical (unpaired) electrons. The molecule has 4 rings (SSSR count). The van der Waals surface area contributed by atoms with Crippen molar-refractivity contribution in [3.05, 3.63) is 76.7 Å². The number of fused-ring (bicyclic) bond motifs is 1. The van der Waals surface area contributed by atoms with Gasteiger partial charge < -0.3 is 10.1 Å². The molecule has 2 aromatic carbocycles. The highest BCUT2D eigenvalue weighted by molar-refractivity contribution is 8.01. The molecule has 0 saturated heterocycles. The Morgan fingerprint density at radius 2 is 2.00 bits per heavy atom. The maximum Gasteiger partial charge on any atom is 0.238 e. The topological polar surface area (TPSA) is 67.0 Å². The van der Waals surface area contributed by atoms with Crippen LogP contribution >= 0.6 is 11.8 Å². The van der Waals surface area contributed by atoms with E-state index in [0.717, 1.165) is 22.4 Å². The Morgan fingerprint density at radius 3 is 2.75 bits per heavy atom. The molecule has 1 aromatic heterocycles. The van der Waals surface area contributed by atoms with Gasteiger partial charge in [0.15, 0.2) is 5.82 Å². The number of nitrogens with one attached hydrogen (secondary N) is 2. The van der Waals surface area contributed by atoms with Gasteiger partial charge in [0, 0.05) is 11.3 Å². The number of rotatable bonds is 4. The van der Waals surface area contributed by atoms with Crippen molar-refractivity contribution in [3.8, 4) is 5.75 Å². The Morgan fingerprint density at radius 1 is 1.21 bits per heavy atom. The Labute approximate surface area is 166 Å². The SMILES string of the molecule is Cc1[nH]nc2c1[C@H](c1ccc(OCc3cccc(F)c3)cc1)S[C@H](C)C(=O)N2. The summed E-state index contributed by atoms with van der Waals surface area (Å²) in [6.07, 6.45) is 0. The van der Waals surface area contributed by atoms with Crippen molar-refractivity contribution >= 4 is 23.5 Å². The molecule has 0 spiro atoms. The van der Waals surface area contributed by atoms with Crippen molar-refractivity contribution in [2.75, 3.05) is 5.32 Å². The van der Waals surface area contributed by atoms with E-state index in [1.165, 1.54) is 12.1 Å². The molecule has 7 heteroatoms. The third kappa shape index (κ3) is 3.75. The van der Waals surface area contributed by atoms with E-state index in [-0.39, 0.29) is 22.2 Å². The number of halogens is 1. The highest BCUT2D eigenvalue weighted by atomic mass is 32.2. The smallest absolute Gasteiger partial charge is 0.238 e. The summed E-state index contributed by atoms with van der Waals surface area (Å²) in [4.78, 5) is 12.2. The van der Waals surface area contributed by atoms with Crippen LogP contribution in [-0.2, 0) is 11.4 Å². The molecule has 0 bridgehead atoms. The van der Waals surface area contributed by atoms with Crippen LogP contribution in [0.5, 0.6) is 5.75 Å². The van der Waals surface area contributed by atoms with Crippen molar-refractivity contribution in [1.82, 2.24) is 10.2 Å². The fourth-order valence-corrected chi connectivity index (χ4v) is 4.51. The number of hydrogen-bond donors (Lipinski definition) is 2. The van der Waals surface area contributed by atoms with E-state index in [4.69, 9.17) is 4.74 Å². The monoisotopic (exact) mass is 397 g/mol. The Bertz CT molecular complexity index is 1000. The zero-order valence-electron chi connectivity index (χ0n) is 15.5. The maximum absolute atomic E-state index is 13.3. The van der Waals surface area contributed by atoms with Crippen molar-refractivity contribution in [2.24, 2.45) is 0 Å². The van der Waals surface area contributed by atoms with E-state index in [1.807, 2.05) is 44.2 Å². The molecule has 2 heterocycles. The van der Waals surface area contributed by atoms with E-state index in [0.29, 0.717) is 18.2 Å². The number of carbonyl (C=O) groups excluding carboxylic acids is 1. The fraction of sp³-hybridized carbons (Fsp3) is 0.238. The molecular formula is C21H20FN3O2S. The first-order valence-electron chi connectivity index (χ1n) is 8.99. The van der Waals surface area contributed by atoms with Gasteiger partial charge in [0.25, 0.3) is 0 Å². The number of amides is 1. The van der Waals surface area contributed by atoms with Gasteiger partial charge in [-0.05, 0) is 49.2 Å². The number of aromatic amines is 1. The number of thioether (sulfide) groups is 1. The highest BCUT2D eigenvalue weighted by Gasteiger charge is 2.32. The first-order chi connectivity index (χ1) is 13.5. The number of aryl methyl sites for hydroxylation is 1. The molecule has 2 atom stereocenters. The Balaban J connectivity index is 1.54. The number of H-pyrrole nitrogens is 1. The second-order valence-corrected chi connectivity index (χ2v) is 8.20. The zero-order chi connectivity index (χ0) is 19.7. The molecular weight excluding hydrogens is 377 g/mol. The minimum atomic E-state index is -0.273. The summed E-state index contributed by atoms with van der Waals surface area (Å²) in [6.45, 7) is 4.15. The number of hydrogen-bond acceptors (Lipinski definition) is 4. The van der Waals surface area contributed by atoms with E-state index < -0.39 is 0 Å². The molecule has 0 fully saturated rings. The van der Waals surface area contributed by atoms with Gasteiger partial charge >= 0.3 is 0 Å². The normalized spacial score (nSPS) is 18.9. The van der Waals surface area contributed by atoms with Crippen LogP contribution in [0.15, 0.2) is 48.5 Å². The Kier molecular flexibility index (Phi) is 5.09. The van der Waals surface area contributed by atoms with E-state index in [9.17, 15) is 9.18 Å². The predicted molar refractivity (Wildman–Crippen MR) is 108 cm³/mol. The van der Waals surface area contributed by atoms with Gasteiger partial charge in [-0.2, -0.15) is 5.10 Å². The number of nitrogens with zero attached hydrogens (tertiary/aromatic N) is 1. The average molecular weight is 397 g/mol. The number of anilines is 1. The molecule has 2 N–H and O–H groups in total. The summed E-state index contributed by atoms with van der Waals surface area (Å²) in [5.41, 5.74) is 3.78. The van der Waals surface area contributed by atoms with Gasteiger partial charge in [-0.1, -0.05) is 24.3 Å². The molecule has 3 aromatic rings. The van der Waals surface area contributed by atoms with Crippen LogP contribution in [0.3, 0.4) is 0 Å². The van der Waals surface area contributed by atoms with Crippen LogP contribution in [0.25, 0.3) is 0 Å². The average Bonchev–Trinajstić information content (AvgIpc) is 2.98. The quantitative estimate of drug-likeness (QED) is 0.675. The van der Waals surface area contributed by atoms with Crippen LogP contribution in [0.1, 0.15) is 34.6 Å². The summed E-state index contributed by atoms with van der Waals surface area (Å²) in [5, 5.41) is 9.89. The zero-order valence-corrected chi connectivity index (χ0v) is 16.3. The first-order valence-corrected chi connectivity index (χ1v) is 9.94. The fourth-order valence-electron chi connectivity index (χ4n) is 3.18. The van der Waals surface area contributed by atoms with Crippen LogP contribution in [-0.4, -0.2) is 21.4 Å². The lowest BCUT2D eigenvalue weighted by atomic mass is 10.0. The van der Waals surface area contributed by atoms with Gasteiger partial charge in [-0.15, -0.1) is 11.8 Å². The van der Waals surface area contributed by atoms with E-state index in [1.54, 1.807) is 17.8 Å². The summed E-state index contributed by atoms with van der Waals surface area (Å²) in [7, 11) is 0. The molecule has 5 nitrogen and oxygen atoms in total. The lowest BCUT2D eigenvalue weighted by Gasteiger charge is -2.18. The highest BCUT2D eigenvalue weighted by Crippen LogP contribution is 2.44. The van der Waals surface area contributed by atoms with Crippen LogP contribution in [0, 0.1) is 12.7 Å². The summed E-state index contributed by atoms with van der Waals surface area (Å²) in [5.74, 6) is 0.981. The number of aromatic nitrogens is 2. The van der Waals surface area contributed by atoms with Gasteiger partial charge in [-0.25, -0.2) is 4.39 Å². The maximum atomic E-state index is 13.3. The minimum absolute atomic E-state index is 0.0139. The lowest BCUT2D eigenvalue weighted by Crippen LogP contribution is -2.21. The van der Waals surface area contributed by atoms with Gasteiger partial charge in [-0.3, -0.25) is 9.89 Å². The summed E-state index contributed by atoms with van der Waals surface area (Å²) in [6, 6.07) is 14.2. The van der Waals surface area contributed by atoms with Crippen LogP contribution < -0.4 is 10.1 Å². The second-order valence-electron chi connectivity index (χ2n) is 6.75. The number of benzene rings is 2. The molecule has 28 heavy (non-hydrogen) atoms. The summed E-state index contributed by atoms with van der Waals surface area (Å²) >= 11 is 1.59. The van der Waals surface area contributed by atoms with Crippen LogP contribution in [0.2, 0.25) is 0 Å². The predicted octanol–water partition coefficient (Wildman–Crippen LogP) is 4.60. The third-order valence-electron chi connectivity index (χ3n) is 4.69. The first kappa shape index (κ1) is 18.6. The van der Waals surface area contributed by atoms with Gasteiger partial charge in [0.05, 0.1) is 10.5 Å². The van der Waals surface area contributed by atoms with Crippen LogP contribution in [0.4, 0.5) is 10.2 Å². The standard InChI is InChI=1S/C21H20FN3O2S/c1-12-18-19(28-13(2)21(26)23-20(18)25-24-12)15-6-8-17(9-7-15)27-11-14-4-3-5-16(22)10-14/h3-10,13,19H,11H2,1-2H3,(H2,23,24,25,26)/t13-,19+/m1/s1. The minimum Gasteiger partial charge on any atom is -0.489 e. The summed E-state index contributed by atoms with van der Waals surface area (Å²) < 4.78 is 19.0. The van der Waals surface area contributed by atoms with E-state index in [2.05, 4.69) is 15.5 Å². The number of carbonyl (C=O) groups is 1. The molecule has 0 aliphatic carbocycles. The second kappa shape index (κ2) is 7.67. The molecule has 144 valence electrons. The van der Waals surface area contributed by atoms with Crippen molar-refractivity contribution in [2.45, 2.75) is 31.0 Å². The largest absolute Gasteiger partial charge is 0.489 e. The molecule has 0 unspecified atom stereocenters. The lowest BCUT2D eigenvalue weighted by molar-refractivity contribution is -0.115. The molecule has 0 saturated carbocycles. The van der Waals surface area contributed by atoms with Gasteiger partial charge in [0.2, 0.25) is 5.91 Å². The van der Waals surface area contributed by atoms with E-state index >= 15 is 0 Å². The van der Waals surface area contributed by atoms with Gasteiger partial charge in [0.1, 0.15) is 18.2 Å². The molecule has 1 amide bonds. The van der Waals surface area contributed by atoms with Crippen molar-refractivity contribution < 1.29 is 13.9 Å². The van der Waals surface area contributed by atoms with Crippen molar-refractivity contribution in [3.63, 3.8) is 0 Å². The Hall–Kier alpha value is -2.80. The van der Waals surface area contributed by atoms with Crippen molar-refractivity contribution in [1.29, 1.82) is 0 Å². The molecule has 1 aliphatic heterocycles. The number of ether oxygens (including phenoxy) is 1. The third-order valence-corrected chi connectivity index (χ3v) is 6.09. The molecule has 1 aliphatic rings.